The van der Waals surface area contributed by atoms with E-state index in [9.17, 15) is 18.0 Å². The molecule has 162 valence electrons. The summed E-state index contributed by atoms with van der Waals surface area (Å²) in [4.78, 5) is 14.8. The Bertz CT molecular complexity index is 865. The Labute approximate surface area is 174 Å². The molecule has 1 aliphatic heterocycles. The largest absolute Gasteiger partial charge is 0.493 e. The summed E-state index contributed by atoms with van der Waals surface area (Å²) in [5, 5.41) is 0. The van der Waals surface area contributed by atoms with Gasteiger partial charge in [-0.2, -0.15) is 13.2 Å². The van der Waals surface area contributed by atoms with Crippen LogP contribution in [0.2, 0.25) is 0 Å². The average molecular weight is 421 g/mol. The topological polar surface area (TPSA) is 38.8 Å². The molecule has 0 bridgehead atoms. The van der Waals surface area contributed by atoms with Crippen LogP contribution in [0.15, 0.2) is 42.5 Å². The van der Waals surface area contributed by atoms with Gasteiger partial charge in [0.25, 0.3) is 5.91 Å². The van der Waals surface area contributed by atoms with Gasteiger partial charge in [0.1, 0.15) is 0 Å². The molecule has 30 heavy (non-hydrogen) atoms. The van der Waals surface area contributed by atoms with E-state index in [1.54, 1.807) is 14.2 Å². The lowest BCUT2D eigenvalue weighted by Crippen LogP contribution is -2.44. The van der Waals surface area contributed by atoms with Crippen molar-refractivity contribution >= 4 is 5.91 Å². The number of rotatable bonds is 6. The zero-order valence-electron chi connectivity index (χ0n) is 17.2. The number of amides is 1. The Morgan fingerprint density at radius 3 is 2.37 bits per heavy atom. The fourth-order valence-corrected chi connectivity index (χ4v) is 3.91. The predicted molar refractivity (Wildman–Crippen MR) is 108 cm³/mol. The van der Waals surface area contributed by atoms with Crippen LogP contribution in [0.1, 0.15) is 47.2 Å². The number of carbonyl (C=O) groups is 1. The fourth-order valence-electron chi connectivity index (χ4n) is 3.91. The molecule has 2 aromatic rings. The molecule has 3 rings (SSSR count). The van der Waals surface area contributed by atoms with Gasteiger partial charge < -0.3 is 14.4 Å². The molecule has 2 aromatic carbocycles. The van der Waals surface area contributed by atoms with Crippen molar-refractivity contribution in [2.75, 3.05) is 20.8 Å². The van der Waals surface area contributed by atoms with E-state index in [2.05, 4.69) is 0 Å². The maximum absolute atomic E-state index is 13.0. The zero-order chi connectivity index (χ0) is 21.7. The molecule has 0 radical (unpaired) electrons. The number of halogens is 3. The molecular weight excluding hydrogens is 395 g/mol. The van der Waals surface area contributed by atoms with Crippen molar-refractivity contribution in [3.05, 3.63) is 59.2 Å². The third-order valence-corrected chi connectivity index (χ3v) is 5.56. The first-order chi connectivity index (χ1) is 14.3. The summed E-state index contributed by atoms with van der Waals surface area (Å²) < 4.78 is 49.0. The quantitative estimate of drug-likeness (QED) is 0.631. The number of nitrogens with zero attached hydrogens (tertiary/aromatic N) is 1. The van der Waals surface area contributed by atoms with E-state index in [4.69, 9.17) is 9.47 Å². The van der Waals surface area contributed by atoms with Crippen LogP contribution in [0, 0.1) is 0 Å². The number of hydrogen-bond donors (Lipinski definition) is 0. The molecule has 1 fully saturated rings. The standard InChI is InChI=1S/C23H26F3NO3/c1-29-20-13-7-16(15-21(20)30-2)6-12-19-5-3-4-14-27(19)22(28)17-8-10-18(11-9-17)23(24,25)26/h7-11,13,15,19H,3-6,12,14H2,1-2H3. The Morgan fingerprint density at radius 1 is 1.03 bits per heavy atom. The SMILES string of the molecule is COc1ccc(CCC2CCCCN2C(=O)c2ccc(C(F)(F)F)cc2)cc1OC. The number of carbonyl (C=O) groups excluding carboxylic acids is 1. The average Bonchev–Trinajstić information content (AvgIpc) is 2.76. The van der Waals surface area contributed by atoms with Crippen LogP contribution in [-0.4, -0.2) is 37.6 Å². The van der Waals surface area contributed by atoms with E-state index in [0.717, 1.165) is 49.8 Å². The Balaban J connectivity index is 1.69. The van der Waals surface area contributed by atoms with Crippen LogP contribution in [0.5, 0.6) is 11.5 Å². The summed E-state index contributed by atoms with van der Waals surface area (Å²) in [6, 6.07) is 10.3. The first kappa shape index (κ1) is 22.0. The van der Waals surface area contributed by atoms with Crippen LogP contribution in [0.25, 0.3) is 0 Å². The minimum Gasteiger partial charge on any atom is -0.493 e. The normalized spacial score (nSPS) is 17.0. The van der Waals surface area contributed by atoms with Crippen LogP contribution in [0.3, 0.4) is 0 Å². The summed E-state index contributed by atoms with van der Waals surface area (Å²) in [7, 11) is 3.18. The third kappa shape index (κ3) is 5.07. The molecule has 1 unspecified atom stereocenters. The number of aryl methyl sites for hydroxylation is 1. The summed E-state index contributed by atoms with van der Waals surface area (Å²) in [6.07, 6.45) is -0.0371. The molecule has 1 aliphatic rings. The van der Waals surface area contributed by atoms with Crippen molar-refractivity contribution in [2.45, 2.75) is 44.3 Å². The second-order valence-electron chi connectivity index (χ2n) is 7.45. The van der Waals surface area contributed by atoms with Crippen molar-refractivity contribution in [1.29, 1.82) is 0 Å². The van der Waals surface area contributed by atoms with E-state index in [1.807, 2.05) is 23.1 Å². The highest BCUT2D eigenvalue weighted by molar-refractivity contribution is 5.94. The number of ether oxygens (including phenoxy) is 2. The summed E-state index contributed by atoms with van der Waals surface area (Å²) in [5.74, 6) is 1.12. The van der Waals surface area contributed by atoms with Crippen LogP contribution >= 0.6 is 0 Å². The van der Waals surface area contributed by atoms with Crippen molar-refractivity contribution in [3.8, 4) is 11.5 Å². The monoisotopic (exact) mass is 421 g/mol. The molecule has 1 saturated heterocycles. The minimum atomic E-state index is -4.41. The number of hydrogen-bond acceptors (Lipinski definition) is 3. The Kier molecular flexibility index (Phi) is 6.90. The molecule has 4 nitrogen and oxygen atoms in total. The zero-order valence-corrected chi connectivity index (χ0v) is 17.2. The molecule has 7 heteroatoms. The van der Waals surface area contributed by atoms with Gasteiger partial charge in [0.2, 0.25) is 0 Å². The van der Waals surface area contributed by atoms with Crippen molar-refractivity contribution in [3.63, 3.8) is 0 Å². The van der Waals surface area contributed by atoms with Gasteiger partial charge in [-0.25, -0.2) is 0 Å². The third-order valence-electron chi connectivity index (χ3n) is 5.56. The first-order valence-electron chi connectivity index (χ1n) is 10.0. The maximum Gasteiger partial charge on any atom is 0.416 e. The molecule has 0 N–H and O–H groups in total. The number of piperidine rings is 1. The lowest BCUT2D eigenvalue weighted by atomic mass is 9.94. The van der Waals surface area contributed by atoms with Crippen molar-refractivity contribution in [2.24, 2.45) is 0 Å². The summed E-state index contributed by atoms with van der Waals surface area (Å²) in [5.41, 5.74) is 0.629. The number of alkyl halides is 3. The first-order valence-corrected chi connectivity index (χ1v) is 10.0. The van der Waals surface area contributed by atoms with E-state index in [-0.39, 0.29) is 11.9 Å². The maximum atomic E-state index is 13.0. The molecule has 1 atom stereocenters. The van der Waals surface area contributed by atoms with Gasteiger partial charge in [-0.15, -0.1) is 0 Å². The van der Waals surface area contributed by atoms with Gasteiger partial charge >= 0.3 is 6.18 Å². The summed E-state index contributed by atoms with van der Waals surface area (Å²) in [6.45, 7) is 0.621. The fraction of sp³-hybridized carbons (Fsp3) is 0.435. The van der Waals surface area contributed by atoms with Crippen molar-refractivity contribution in [1.82, 2.24) is 4.90 Å². The van der Waals surface area contributed by atoms with E-state index < -0.39 is 11.7 Å². The lowest BCUT2D eigenvalue weighted by Gasteiger charge is -2.36. The highest BCUT2D eigenvalue weighted by Gasteiger charge is 2.31. The van der Waals surface area contributed by atoms with Gasteiger partial charge in [0, 0.05) is 18.2 Å². The molecule has 1 amide bonds. The molecule has 0 aromatic heterocycles. The number of methoxy groups -OCH3 is 2. The number of likely N-dealkylation sites (tertiary alicyclic amines) is 1. The minimum absolute atomic E-state index is 0.0571. The van der Waals surface area contributed by atoms with Gasteiger partial charge in [-0.3, -0.25) is 4.79 Å². The van der Waals surface area contributed by atoms with Gasteiger partial charge in [-0.1, -0.05) is 6.07 Å². The van der Waals surface area contributed by atoms with E-state index in [0.29, 0.717) is 23.6 Å². The molecular formula is C23H26F3NO3. The second kappa shape index (κ2) is 9.41. The predicted octanol–water partition coefficient (Wildman–Crippen LogP) is 5.35. The van der Waals surface area contributed by atoms with Gasteiger partial charge in [0.15, 0.2) is 11.5 Å². The summed E-state index contributed by atoms with van der Waals surface area (Å²) >= 11 is 0. The number of benzene rings is 2. The van der Waals surface area contributed by atoms with Gasteiger partial charge in [-0.05, 0) is 74.1 Å². The smallest absolute Gasteiger partial charge is 0.416 e. The molecule has 1 heterocycles. The van der Waals surface area contributed by atoms with Crippen molar-refractivity contribution < 1.29 is 27.4 Å². The molecule has 0 saturated carbocycles. The van der Waals surface area contributed by atoms with Crippen LogP contribution < -0.4 is 9.47 Å². The highest BCUT2D eigenvalue weighted by atomic mass is 19.4. The lowest BCUT2D eigenvalue weighted by molar-refractivity contribution is -0.137. The van der Waals surface area contributed by atoms with E-state index in [1.165, 1.54) is 12.1 Å². The molecule has 0 aliphatic carbocycles. The second-order valence-corrected chi connectivity index (χ2v) is 7.45. The molecule has 0 spiro atoms. The highest BCUT2D eigenvalue weighted by Crippen LogP contribution is 2.31. The Hall–Kier alpha value is -2.70. The van der Waals surface area contributed by atoms with Gasteiger partial charge in [0.05, 0.1) is 19.8 Å². The van der Waals surface area contributed by atoms with E-state index >= 15 is 0 Å². The Morgan fingerprint density at radius 2 is 1.73 bits per heavy atom. The van der Waals surface area contributed by atoms with Crippen LogP contribution in [-0.2, 0) is 12.6 Å². The van der Waals surface area contributed by atoms with Crippen LogP contribution in [0.4, 0.5) is 13.2 Å².